The van der Waals surface area contributed by atoms with Gasteiger partial charge in [-0.25, -0.2) is 0 Å². The van der Waals surface area contributed by atoms with Crippen LogP contribution in [-0.4, -0.2) is 54.4 Å². The van der Waals surface area contributed by atoms with Gasteiger partial charge < -0.3 is 15.0 Å². The molecule has 2 saturated heterocycles. The van der Waals surface area contributed by atoms with Crippen LogP contribution in [0.5, 0.6) is 0 Å². The Morgan fingerprint density at radius 3 is 2.59 bits per heavy atom. The van der Waals surface area contributed by atoms with E-state index >= 15 is 0 Å². The number of piperidine rings is 1. The van der Waals surface area contributed by atoms with E-state index in [-0.39, 0.29) is 35.1 Å². The molecule has 27 heavy (non-hydrogen) atoms. The summed E-state index contributed by atoms with van der Waals surface area (Å²) in [4.78, 5) is 27.0. The van der Waals surface area contributed by atoms with Gasteiger partial charge in [-0.1, -0.05) is 37.3 Å². The molecule has 2 fully saturated rings. The topological polar surface area (TPSA) is 58.6 Å². The maximum atomic E-state index is 13.3. The molecule has 2 amide bonds. The van der Waals surface area contributed by atoms with Gasteiger partial charge in [-0.15, -0.1) is 11.6 Å². The zero-order valence-electron chi connectivity index (χ0n) is 16.0. The highest BCUT2D eigenvalue weighted by molar-refractivity contribution is 6.27. The summed E-state index contributed by atoms with van der Waals surface area (Å²) in [6, 6.07) is 10.3. The van der Waals surface area contributed by atoms with E-state index in [4.69, 9.17) is 16.3 Å². The molecule has 2 heterocycles. The molecule has 0 unspecified atom stereocenters. The Hall–Kier alpha value is -1.59. The summed E-state index contributed by atoms with van der Waals surface area (Å²) in [5.41, 5.74) is 0.971. The van der Waals surface area contributed by atoms with Crippen LogP contribution in [0.15, 0.2) is 30.3 Å². The van der Waals surface area contributed by atoms with Crippen molar-refractivity contribution in [3.63, 3.8) is 0 Å². The fourth-order valence-electron chi connectivity index (χ4n) is 4.37. The number of nitrogens with zero attached hydrogens (tertiary/aromatic N) is 1. The Balaban J connectivity index is 1.66. The number of nitrogens with one attached hydrogen (secondary N) is 1. The molecular weight excluding hydrogens is 364 g/mol. The van der Waals surface area contributed by atoms with Crippen LogP contribution in [0, 0.1) is 5.92 Å². The third-order valence-electron chi connectivity index (χ3n) is 6.14. The number of hydrogen-bond acceptors (Lipinski definition) is 3. The summed E-state index contributed by atoms with van der Waals surface area (Å²) in [6.07, 6.45) is 3.25. The van der Waals surface area contributed by atoms with Gasteiger partial charge in [0.1, 0.15) is 5.88 Å². The first kappa shape index (κ1) is 20.2. The van der Waals surface area contributed by atoms with Crippen molar-refractivity contribution in [1.29, 1.82) is 0 Å². The lowest BCUT2D eigenvalue weighted by molar-refractivity contribution is -0.142. The zero-order valence-corrected chi connectivity index (χ0v) is 16.7. The Kier molecular flexibility index (Phi) is 6.77. The van der Waals surface area contributed by atoms with Crippen LogP contribution in [-0.2, 0) is 14.3 Å². The van der Waals surface area contributed by atoms with Gasteiger partial charge in [0.25, 0.3) is 0 Å². The molecule has 1 N–H and O–H groups in total. The summed E-state index contributed by atoms with van der Waals surface area (Å²) >= 11 is 5.65. The number of likely N-dealkylation sites (tertiary alicyclic amines) is 1. The summed E-state index contributed by atoms with van der Waals surface area (Å²) in [5, 5.41) is 3.07. The van der Waals surface area contributed by atoms with Gasteiger partial charge in [0.2, 0.25) is 11.8 Å². The predicted octanol–water partition coefficient (Wildman–Crippen LogP) is 2.93. The molecule has 0 spiro atoms. The number of carbonyl (C=O) groups is 2. The van der Waals surface area contributed by atoms with Crippen molar-refractivity contribution in [3.05, 3.63) is 35.9 Å². The molecule has 2 aliphatic heterocycles. The van der Waals surface area contributed by atoms with E-state index in [1.807, 2.05) is 23.1 Å². The van der Waals surface area contributed by atoms with Crippen molar-refractivity contribution in [3.8, 4) is 0 Å². The van der Waals surface area contributed by atoms with Gasteiger partial charge in [-0.3, -0.25) is 9.59 Å². The Bertz CT molecular complexity index is 644. The second kappa shape index (κ2) is 9.07. The van der Waals surface area contributed by atoms with E-state index in [1.54, 1.807) is 0 Å². The van der Waals surface area contributed by atoms with Crippen molar-refractivity contribution in [2.75, 3.05) is 32.2 Å². The number of amides is 2. The highest BCUT2D eigenvalue weighted by Crippen LogP contribution is 2.35. The third-order valence-corrected chi connectivity index (χ3v) is 6.38. The summed E-state index contributed by atoms with van der Waals surface area (Å²) in [7, 11) is 0. The molecule has 2 atom stereocenters. The molecular formula is C21H29ClN2O3. The molecule has 0 bridgehead atoms. The minimum atomic E-state index is -0.245. The van der Waals surface area contributed by atoms with Crippen molar-refractivity contribution < 1.29 is 14.3 Å². The Morgan fingerprint density at radius 2 is 1.96 bits per heavy atom. The van der Waals surface area contributed by atoms with E-state index in [9.17, 15) is 9.59 Å². The number of hydrogen-bond donors (Lipinski definition) is 1. The lowest BCUT2D eigenvalue weighted by Gasteiger charge is -2.44. The molecule has 1 aromatic rings. The number of halogens is 1. The van der Waals surface area contributed by atoms with E-state index in [0.717, 1.165) is 25.7 Å². The molecule has 0 aromatic heterocycles. The first-order valence-electron chi connectivity index (χ1n) is 9.87. The van der Waals surface area contributed by atoms with Crippen molar-refractivity contribution >= 4 is 23.4 Å². The second-order valence-corrected chi connectivity index (χ2v) is 7.90. The molecule has 5 nitrogen and oxygen atoms in total. The SMILES string of the molecule is CCC1(NC(=O)CCl)CCN(C(=O)[C@@H]2COCC[C@@H]2c2ccccc2)CC1. The van der Waals surface area contributed by atoms with E-state index in [1.165, 1.54) is 5.56 Å². The molecule has 0 radical (unpaired) electrons. The fraction of sp³-hybridized carbons (Fsp3) is 0.619. The molecule has 2 aliphatic rings. The molecule has 3 rings (SSSR count). The van der Waals surface area contributed by atoms with Crippen LogP contribution >= 0.6 is 11.6 Å². The standard InChI is InChI=1S/C21H29ClN2O3/c1-2-21(23-19(25)14-22)9-11-24(12-10-21)20(26)18-15-27-13-8-17(18)16-6-4-3-5-7-16/h3-7,17-18H,2,8-15H2,1H3,(H,23,25)/t17-,18-/m1/s1. The van der Waals surface area contributed by atoms with E-state index < -0.39 is 0 Å². The van der Waals surface area contributed by atoms with Gasteiger partial charge in [0.15, 0.2) is 0 Å². The predicted molar refractivity (Wildman–Crippen MR) is 106 cm³/mol. The average Bonchev–Trinajstić information content (AvgIpc) is 2.74. The highest BCUT2D eigenvalue weighted by Gasteiger charge is 2.40. The Morgan fingerprint density at radius 1 is 1.26 bits per heavy atom. The van der Waals surface area contributed by atoms with E-state index in [2.05, 4.69) is 24.4 Å². The first-order valence-corrected chi connectivity index (χ1v) is 10.4. The number of rotatable bonds is 5. The van der Waals surface area contributed by atoms with Gasteiger partial charge in [-0.05, 0) is 37.2 Å². The van der Waals surface area contributed by atoms with Crippen LogP contribution in [0.2, 0.25) is 0 Å². The van der Waals surface area contributed by atoms with Gasteiger partial charge >= 0.3 is 0 Å². The number of alkyl halides is 1. The van der Waals surface area contributed by atoms with Gasteiger partial charge in [0, 0.05) is 25.2 Å². The van der Waals surface area contributed by atoms with Crippen molar-refractivity contribution in [1.82, 2.24) is 10.2 Å². The lowest BCUT2D eigenvalue weighted by Crippen LogP contribution is -2.57. The molecule has 1 aromatic carbocycles. The van der Waals surface area contributed by atoms with Crippen LogP contribution in [0.25, 0.3) is 0 Å². The lowest BCUT2D eigenvalue weighted by atomic mass is 9.80. The van der Waals surface area contributed by atoms with Crippen molar-refractivity contribution in [2.24, 2.45) is 5.92 Å². The minimum absolute atomic E-state index is 0.0252. The molecule has 0 aliphatic carbocycles. The van der Waals surface area contributed by atoms with Crippen LogP contribution < -0.4 is 5.32 Å². The summed E-state index contributed by atoms with van der Waals surface area (Å²) in [5.74, 6) is 0.0942. The highest BCUT2D eigenvalue weighted by atomic mass is 35.5. The van der Waals surface area contributed by atoms with Crippen LogP contribution in [0.1, 0.15) is 44.1 Å². The van der Waals surface area contributed by atoms with Crippen LogP contribution in [0.3, 0.4) is 0 Å². The summed E-state index contributed by atoms with van der Waals surface area (Å²) in [6.45, 7) is 4.58. The zero-order chi connectivity index (χ0) is 19.3. The van der Waals surface area contributed by atoms with Crippen molar-refractivity contribution in [2.45, 2.75) is 44.1 Å². The number of benzene rings is 1. The third kappa shape index (κ3) is 4.64. The van der Waals surface area contributed by atoms with Gasteiger partial charge in [0.05, 0.1) is 12.5 Å². The Labute approximate surface area is 166 Å². The summed E-state index contributed by atoms with van der Waals surface area (Å²) < 4.78 is 5.66. The fourth-order valence-corrected chi connectivity index (χ4v) is 4.43. The minimum Gasteiger partial charge on any atom is -0.381 e. The first-order chi connectivity index (χ1) is 13.1. The van der Waals surface area contributed by atoms with E-state index in [0.29, 0.717) is 26.3 Å². The maximum Gasteiger partial charge on any atom is 0.235 e. The maximum absolute atomic E-state index is 13.3. The number of ether oxygens (including phenoxy) is 1. The van der Waals surface area contributed by atoms with Crippen LogP contribution in [0.4, 0.5) is 0 Å². The number of carbonyl (C=O) groups excluding carboxylic acids is 2. The normalized spacial score (nSPS) is 25.0. The molecule has 0 saturated carbocycles. The second-order valence-electron chi connectivity index (χ2n) is 7.63. The largest absolute Gasteiger partial charge is 0.381 e. The monoisotopic (exact) mass is 392 g/mol. The van der Waals surface area contributed by atoms with Gasteiger partial charge in [-0.2, -0.15) is 0 Å². The smallest absolute Gasteiger partial charge is 0.235 e. The quantitative estimate of drug-likeness (QED) is 0.784. The molecule has 148 valence electrons. The average molecular weight is 393 g/mol. The molecule has 6 heteroatoms.